The number of carboxylic acid groups (broad SMARTS) is 1. The lowest BCUT2D eigenvalue weighted by Gasteiger charge is -2.21. The number of benzene rings is 2. The van der Waals surface area contributed by atoms with Crippen LogP contribution in [0.5, 0.6) is 0 Å². The number of carbonyl (C=O) groups is 3. The Kier molecular flexibility index (Phi) is 4.32. The predicted octanol–water partition coefficient (Wildman–Crippen LogP) is 2.49. The van der Waals surface area contributed by atoms with Crippen molar-refractivity contribution in [2.45, 2.75) is 12.1 Å². The SMILES string of the molecule is O=C(O)[C@@H]1N[C@H](c2ccc(Br)cc2)[C@H]2C(=O)N(c3ccc(F)cc3)C(=O)[C@H]21. The van der Waals surface area contributed by atoms with E-state index in [2.05, 4.69) is 21.2 Å². The molecule has 4 rings (SSSR count). The van der Waals surface area contributed by atoms with Crippen LogP contribution in [0.2, 0.25) is 0 Å². The van der Waals surface area contributed by atoms with Crippen molar-refractivity contribution in [2.24, 2.45) is 11.8 Å². The molecule has 2 heterocycles. The van der Waals surface area contributed by atoms with E-state index >= 15 is 0 Å². The molecule has 2 amide bonds. The number of anilines is 1. The van der Waals surface area contributed by atoms with Gasteiger partial charge in [0.05, 0.1) is 17.5 Å². The maximum Gasteiger partial charge on any atom is 0.321 e. The molecular weight excluding hydrogens is 419 g/mol. The summed E-state index contributed by atoms with van der Waals surface area (Å²) in [5.74, 6) is -4.61. The molecule has 4 atom stereocenters. The molecule has 2 aliphatic rings. The van der Waals surface area contributed by atoms with E-state index in [0.29, 0.717) is 0 Å². The Morgan fingerprint density at radius 3 is 2.19 bits per heavy atom. The number of carboxylic acids is 1. The number of halogens is 2. The van der Waals surface area contributed by atoms with Crippen LogP contribution in [0.25, 0.3) is 0 Å². The third-order valence-corrected chi connectivity index (χ3v) is 5.58. The van der Waals surface area contributed by atoms with Crippen LogP contribution in [0.1, 0.15) is 11.6 Å². The molecule has 0 aliphatic carbocycles. The second kappa shape index (κ2) is 6.54. The summed E-state index contributed by atoms with van der Waals surface area (Å²) in [4.78, 5) is 38.7. The smallest absolute Gasteiger partial charge is 0.321 e. The molecule has 0 spiro atoms. The molecule has 6 nitrogen and oxygen atoms in total. The molecule has 2 N–H and O–H groups in total. The topological polar surface area (TPSA) is 86.7 Å². The molecule has 0 aromatic heterocycles. The minimum Gasteiger partial charge on any atom is -0.480 e. The van der Waals surface area contributed by atoms with Crippen LogP contribution in [-0.2, 0) is 14.4 Å². The van der Waals surface area contributed by atoms with Crippen LogP contribution < -0.4 is 10.2 Å². The van der Waals surface area contributed by atoms with Crippen molar-refractivity contribution < 1.29 is 23.9 Å². The highest BCUT2D eigenvalue weighted by atomic mass is 79.9. The van der Waals surface area contributed by atoms with Crippen LogP contribution in [0.3, 0.4) is 0 Å². The first kappa shape index (κ1) is 17.8. The minimum absolute atomic E-state index is 0.236. The van der Waals surface area contributed by atoms with Gasteiger partial charge >= 0.3 is 5.97 Å². The normalized spacial score (nSPS) is 27.1. The van der Waals surface area contributed by atoms with E-state index in [4.69, 9.17) is 0 Å². The lowest BCUT2D eigenvalue weighted by molar-refractivity contribution is -0.142. The second-order valence-corrected chi connectivity index (χ2v) is 7.47. The van der Waals surface area contributed by atoms with E-state index in [1.807, 2.05) is 0 Å². The number of rotatable bonds is 3. The standard InChI is InChI=1S/C19H14BrFN2O4/c20-10-3-1-9(2-4-10)15-13-14(16(22-15)19(26)27)18(25)23(17(13)24)12-7-5-11(21)6-8-12/h1-8,13-16,22H,(H,26,27)/t13-,14+,15+,16+/m0/s1. The van der Waals surface area contributed by atoms with Crippen LogP contribution in [0.4, 0.5) is 10.1 Å². The summed E-state index contributed by atoms with van der Waals surface area (Å²) in [6, 6.07) is 10.3. The third kappa shape index (κ3) is 2.85. The van der Waals surface area contributed by atoms with Crippen molar-refractivity contribution in [3.05, 3.63) is 64.4 Å². The molecule has 0 bridgehead atoms. The molecule has 0 radical (unpaired) electrons. The van der Waals surface area contributed by atoms with Crippen molar-refractivity contribution in [1.82, 2.24) is 5.32 Å². The van der Waals surface area contributed by atoms with E-state index in [-0.39, 0.29) is 5.69 Å². The summed E-state index contributed by atoms with van der Waals surface area (Å²) in [5, 5.41) is 12.5. The van der Waals surface area contributed by atoms with Crippen LogP contribution in [0, 0.1) is 17.7 Å². The Morgan fingerprint density at radius 1 is 1.00 bits per heavy atom. The molecule has 2 aromatic rings. The van der Waals surface area contributed by atoms with Crippen molar-refractivity contribution in [1.29, 1.82) is 0 Å². The van der Waals surface area contributed by atoms with E-state index < -0.39 is 47.5 Å². The Labute approximate surface area is 162 Å². The van der Waals surface area contributed by atoms with Crippen molar-refractivity contribution >= 4 is 39.4 Å². The number of hydrogen-bond donors (Lipinski definition) is 2. The Morgan fingerprint density at radius 2 is 1.59 bits per heavy atom. The summed E-state index contributed by atoms with van der Waals surface area (Å²) in [6.45, 7) is 0. The maximum absolute atomic E-state index is 13.2. The van der Waals surface area contributed by atoms with Gasteiger partial charge in [-0.1, -0.05) is 28.1 Å². The van der Waals surface area contributed by atoms with Crippen molar-refractivity contribution in [2.75, 3.05) is 4.90 Å². The van der Waals surface area contributed by atoms with Gasteiger partial charge in [0.1, 0.15) is 11.9 Å². The van der Waals surface area contributed by atoms with Crippen LogP contribution in [0.15, 0.2) is 53.0 Å². The summed E-state index contributed by atoms with van der Waals surface area (Å²) < 4.78 is 14.0. The number of hydrogen-bond acceptors (Lipinski definition) is 4. The van der Waals surface area contributed by atoms with Crippen LogP contribution in [-0.4, -0.2) is 28.9 Å². The van der Waals surface area contributed by atoms with E-state index in [9.17, 15) is 23.9 Å². The fraction of sp³-hybridized carbons (Fsp3) is 0.211. The highest BCUT2D eigenvalue weighted by Gasteiger charge is 2.61. The van der Waals surface area contributed by atoms with Gasteiger partial charge in [0.25, 0.3) is 0 Å². The number of fused-ring (bicyclic) bond motifs is 1. The molecule has 27 heavy (non-hydrogen) atoms. The van der Waals surface area contributed by atoms with Crippen molar-refractivity contribution in [3.8, 4) is 0 Å². The lowest BCUT2D eigenvalue weighted by atomic mass is 9.86. The summed E-state index contributed by atoms with van der Waals surface area (Å²) in [5.41, 5.74) is 0.957. The number of nitrogens with zero attached hydrogens (tertiary/aromatic N) is 1. The average molecular weight is 433 g/mol. The average Bonchev–Trinajstić information content (AvgIpc) is 3.15. The van der Waals surface area contributed by atoms with Gasteiger partial charge in [-0.05, 0) is 42.0 Å². The number of imide groups is 1. The van der Waals surface area contributed by atoms with E-state index in [1.54, 1.807) is 24.3 Å². The first-order chi connectivity index (χ1) is 12.9. The van der Waals surface area contributed by atoms with Gasteiger partial charge in [-0.25, -0.2) is 9.29 Å². The highest BCUT2D eigenvalue weighted by Crippen LogP contribution is 2.45. The van der Waals surface area contributed by atoms with Gasteiger partial charge in [-0.15, -0.1) is 0 Å². The molecule has 2 aromatic carbocycles. The quantitative estimate of drug-likeness (QED) is 0.727. The summed E-state index contributed by atoms with van der Waals surface area (Å²) >= 11 is 3.34. The fourth-order valence-corrected chi connectivity index (χ4v) is 4.12. The second-order valence-electron chi connectivity index (χ2n) is 6.55. The van der Waals surface area contributed by atoms with Gasteiger partial charge in [0.2, 0.25) is 11.8 Å². The van der Waals surface area contributed by atoms with Crippen LogP contribution >= 0.6 is 15.9 Å². The zero-order chi connectivity index (χ0) is 19.3. The predicted molar refractivity (Wildman–Crippen MR) is 97.3 cm³/mol. The molecular formula is C19H14BrFN2O4. The lowest BCUT2D eigenvalue weighted by Crippen LogP contribution is -2.43. The Bertz CT molecular complexity index is 932. The largest absolute Gasteiger partial charge is 0.480 e. The highest BCUT2D eigenvalue weighted by molar-refractivity contribution is 9.10. The molecule has 0 saturated carbocycles. The zero-order valence-electron chi connectivity index (χ0n) is 13.8. The van der Waals surface area contributed by atoms with Gasteiger partial charge in [-0.3, -0.25) is 19.7 Å². The van der Waals surface area contributed by atoms with Gasteiger partial charge in [0.15, 0.2) is 0 Å². The zero-order valence-corrected chi connectivity index (χ0v) is 15.4. The van der Waals surface area contributed by atoms with Gasteiger partial charge in [-0.2, -0.15) is 0 Å². The van der Waals surface area contributed by atoms with E-state index in [0.717, 1.165) is 27.1 Å². The number of aliphatic carboxylic acids is 1. The summed E-state index contributed by atoms with van der Waals surface area (Å²) in [7, 11) is 0. The monoisotopic (exact) mass is 432 g/mol. The van der Waals surface area contributed by atoms with Gasteiger partial charge in [0, 0.05) is 10.5 Å². The fourth-order valence-electron chi connectivity index (χ4n) is 3.86. The minimum atomic E-state index is -1.19. The number of amides is 2. The molecule has 0 unspecified atom stereocenters. The molecule has 2 fully saturated rings. The summed E-state index contributed by atoms with van der Waals surface area (Å²) in [6.07, 6.45) is 0. The number of nitrogens with one attached hydrogen (secondary N) is 1. The van der Waals surface area contributed by atoms with E-state index in [1.165, 1.54) is 12.1 Å². The Hall–Kier alpha value is -2.58. The Balaban J connectivity index is 1.76. The van der Waals surface area contributed by atoms with Gasteiger partial charge < -0.3 is 5.11 Å². The molecule has 2 aliphatic heterocycles. The molecule has 8 heteroatoms. The third-order valence-electron chi connectivity index (χ3n) is 5.06. The van der Waals surface area contributed by atoms with Crippen molar-refractivity contribution in [3.63, 3.8) is 0 Å². The molecule has 2 saturated heterocycles. The maximum atomic E-state index is 13.2. The first-order valence-electron chi connectivity index (χ1n) is 8.26. The first-order valence-corrected chi connectivity index (χ1v) is 9.05. The number of carbonyl (C=O) groups excluding carboxylic acids is 2. The molecule has 138 valence electrons.